The second-order valence-corrected chi connectivity index (χ2v) is 4.89. The second-order valence-electron chi connectivity index (χ2n) is 3.78. The van der Waals surface area contributed by atoms with E-state index in [1.54, 1.807) is 18.9 Å². The molecule has 0 spiro atoms. The molecule has 0 saturated carbocycles. The van der Waals surface area contributed by atoms with Crippen LogP contribution >= 0.6 is 11.8 Å². The van der Waals surface area contributed by atoms with Crippen molar-refractivity contribution in [1.29, 1.82) is 0 Å². The Balaban J connectivity index is 3.22. The van der Waals surface area contributed by atoms with Crippen molar-refractivity contribution in [1.82, 2.24) is 5.32 Å². The first-order chi connectivity index (χ1) is 8.70. The zero-order valence-corrected chi connectivity index (χ0v) is 12.0. The number of nitrogens with one attached hydrogen (secondary N) is 1. The van der Waals surface area contributed by atoms with Gasteiger partial charge >= 0.3 is 5.97 Å². The van der Waals surface area contributed by atoms with E-state index in [2.05, 4.69) is 10.1 Å². The van der Waals surface area contributed by atoms with Crippen LogP contribution in [0.1, 0.15) is 25.7 Å². The summed E-state index contributed by atoms with van der Waals surface area (Å²) in [7, 11) is 3.04. The van der Waals surface area contributed by atoms with Gasteiger partial charge in [0.1, 0.15) is 0 Å². The van der Waals surface area contributed by atoms with E-state index in [1.807, 2.05) is 0 Å². The predicted molar refractivity (Wildman–Crippen MR) is 72.7 cm³/mol. The SMILES string of the molecule is COCCSCC(=O)NCCCCCC(=O)OC. The van der Waals surface area contributed by atoms with Gasteiger partial charge in [-0.25, -0.2) is 0 Å². The number of unbranched alkanes of at least 4 members (excludes halogenated alkanes) is 2. The number of thioether (sulfide) groups is 1. The third kappa shape index (κ3) is 11.7. The van der Waals surface area contributed by atoms with Gasteiger partial charge in [0.15, 0.2) is 0 Å². The Labute approximate surface area is 113 Å². The van der Waals surface area contributed by atoms with Gasteiger partial charge in [0, 0.05) is 25.8 Å². The molecule has 1 N–H and O–H groups in total. The largest absolute Gasteiger partial charge is 0.469 e. The molecule has 6 heteroatoms. The highest BCUT2D eigenvalue weighted by molar-refractivity contribution is 7.99. The van der Waals surface area contributed by atoms with E-state index >= 15 is 0 Å². The molecule has 0 saturated heterocycles. The molecule has 0 unspecified atom stereocenters. The minimum absolute atomic E-state index is 0.0593. The molecule has 0 aliphatic carbocycles. The van der Waals surface area contributed by atoms with Crippen LogP contribution in [0.15, 0.2) is 0 Å². The van der Waals surface area contributed by atoms with Crippen molar-refractivity contribution in [3.05, 3.63) is 0 Å². The van der Waals surface area contributed by atoms with Crippen LogP contribution in [0.3, 0.4) is 0 Å². The van der Waals surface area contributed by atoms with Gasteiger partial charge in [0.25, 0.3) is 0 Å². The summed E-state index contributed by atoms with van der Waals surface area (Å²) in [4.78, 5) is 22.2. The maximum atomic E-state index is 11.3. The van der Waals surface area contributed by atoms with Crippen molar-refractivity contribution in [3.63, 3.8) is 0 Å². The highest BCUT2D eigenvalue weighted by Crippen LogP contribution is 2.01. The quantitative estimate of drug-likeness (QED) is 0.454. The van der Waals surface area contributed by atoms with Gasteiger partial charge in [0.2, 0.25) is 5.91 Å². The van der Waals surface area contributed by atoms with E-state index in [9.17, 15) is 9.59 Å². The van der Waals surface area contributed by atoms with Crippen LogP contribution in [0, 0.1) is 0 Å². The monoisotopic (exact) mass is 277 g/mol. The Morgan fingerprint density at radius 1 is 1.17 bits per heavy atom. The molecule has 0 aromatic heterocycles. The van der Waals surface area contributed by atoms with Gasteiger partial charge in [-0.2, -0.15) is 0 Å². The number of rotatable bonds is 11. The number of esters is 1. The van der Waals surface area contributed by atoms with Crippen LogP contribution in [0.4, 0.5) is 0 Å². The predicted octanol–water partition coefficient (Wildman–Crippen LogP) is 1.22. The Hall–Kier alpha value is -0.750. The molecule has 0 aromatic carbocycles. The smallest absolute Gasteiger partial charge is 0.305 e. The fraction of sp³-hybridized carbons (Fsp3) is 0.833. The molecule has 0 aromatic rings. The van der Waals surface area contributed by atoms with Crippen molar-refractivity contribution in [2.24, 2.45) is 0 Å². The number of hydrogen-bond donors (Lipinski definition) is 1. The molecule has 0 bridgehead atoms. The molecule has 0 aliphatic rings. The molecule has 0 atom stereocenters. The molecule has 0 radical (unpaired) electrons. The molecule has 18 heavy (non-hydrogen) atoms. The molecule has 0 heterocycles. The lowest BCUT2D eigenvalue weighted by molar-refractivity contribution is -0.140. The van der Waals surface area contributed by atoms with E-state index in [0.29, 0.717) is 25.3 Å². The summed E-state index contributed by atoms with van der Waals surface area (Å²) in [5.41, 5.74) is 0. The highest BCUT2D eigenvalue weighted by Gasteiger charge is 2.01. The fourth-order valence-electron chi connectivity index (χ4n) is 1.26. The summed E-state index contributed by atoms with van der Waals surface area (Å²) in [5, 5.41) is 2.84. The van der Waals surface area contributed by atoms with E-state index in [4.69, 9.17) is 4.74 Å². The Bertz CT molecular complexity index is 236. The molecule has 0 rings (SSSR count). The van der Waals surface area contributed by atoms with Gasteiger partial charge < -0.3 is 14.8 Å². The summed E-state index contributed by atoms with van der Waals surface area (Å²) in [6.45, 7) is 1.34. The van der Waals surface area contributed by atoms with E-state index in [-0.39, 0.29) is 11.9 Å². The topological polar surface area (TPSA) is 64.6 Å². The van der Waals surface area contributed by atoms with Crippen molar-refractivity contribution in [2.45, 2.75) is 25.7 Å². The third-order valence-electron chi connectivity index (χ3n) is 2.27. The summed E-state index contributed by atoms with van der Waals surface area (Å²) in [6.07, 6.45) is 3.08. The Morgan fingerprint density at radius 2 is 1.94 bits per heavy atom. The van der Waals surface area contributed by atoms with Crippen molar-refractivity contribution in [2.75, 3.05) is 38.9 Å². The van der Waals surface area contributed by atoms with E-state index in [1.165, 1.54) is 7.11 Å². The standard InChI is InChI=1S/C12H23NO4S/c1-16-8-9-18-10-11(14)13-7-5-3-4-6-12(15)17-2/h3-10H2,1-2H3,(H,13,14). The summed E-state index contributed by atoms with van der Waals surface area (Å²) in [6, 6.07) is 0. The van der Waals surface area contributed by atoms with E-state index < -0.39 is 0 Å². The second kappa shape index (κ2) is 12.7. The third-order valence-corrected chi connectivity index (χ3v) is 3.19. The lowest BCUT2D eigenvalue weighted by atomic mass is 10.2. The first-order valence-electron chi connectivity index (χ1n) is 6.11. The van der Waals surface area contributed by atoms with E-state index in [0.717, 1.165) is 25.0 Å². The molecule has 0 aliphatic heterocycles. The number of ether oxygens (including phenoxy) is 2. The molecular weight excluding hydrogens is 254 g/mol. The lowest BCUT2D eigenvalue weighted by Crippen LogP contribution is -2.26. The number of amides is 1. The summed E-state index contributed by atoms with van der Waals surface area (Å²) < 4.78 is 9.42. The Kier molecular flexibility index (Phi) is 12.2. The maximum absolute atomic E-state index is 11.3. The van der Waals surface area contributed by atoms with Gasteiger partial charge in [-0.05, 0) is 12.8 Å². The number of carbonyl (C=O) groups excluding carboxylic acids is 2. The zero-order valence-electron chi connectivity index (χ0n) is 11.2. The van der Waals surface area contributed by atoms with Gasteiger partial charge in [-0.3, -0.25) is 9.59 Å². The first kappa shape index (κ1) is 17.2. The average molecular weight is 277 g/mol. The molecular formula is C12H23NO4S. The summed E-state index contributed by atoms with van der Waals surface area (Å²) >= 11 is 1.56. The first-order valence-corrected chi connectivity index (χ1v) is 7.26. The van der Waals surface area contributed by atoms with Gasteiger partial charge in [-0.1, -0.05) is 6.42 Å². The minimum Gasteiger partial charge on any atom is -0.469 e. The molecule has 106 valence electrons. The van der Waals surface area contributed by atoms with Gasteiger partial charge in [0.05, 0.1) is 19.5 Å². The normalized spacial score (nSPS) is 10.1. The number of hydrogen-bond acceptors (Lipinski definition) is 5. The highest BCUT2D eigenvalue weighted by atomic mass is 32.2. The van der Waals surface area contributed by atoms with Crippen LogP contribution in [-0.4, -0.2) is 50.8 Å². The van der Waals surface area contributed by atoms with Crippen LogP contribution in [0.25, 0.3) is 0 Å². The summed E-state index contributed by atoms with van der Waals surface area (Å²) in [5.74, 6) is 1.20. The van der Waals surface area contributed by atoms with Crippen LogP contribution < -0.4 is 5.32 Å². The average Bonchev–Trinajstić information content (AvgIpc) is 2.38. The van der Waals surface area contributed by atoms with Crippen molar-refractivity contribution >= 4 is 23.6 Å². The maximum Gasteiger partial charge on any atom is 0.305 e. The molecule has 1 amide bonds. The number of carbonyl (C=O) groups is 2. The van der Waals surface area contributed by atoms with Gasteiger partial charge in [-0.15, -0.1) is 11.8 Å². The van der Waals surface area contributed by atoms with Crippen molar-refractivity contribution in [3.8, 4) is 0 Å². The zero-order chi connectivity index (χ0) is 13.6. The minimum atomic E-state index is -0.173. The molecule has 0 fully saturated rings. The Morgan fingerprint density at radius 3 is 2.61 bits per heavy atom. The lowest BCUT2D eigenvalue weighted by Gasteiger charge is -2.05. The van der Waals surface area contributed by atoms with Crippen LogP contribution in [0.5, 0.6) is 0 Å². The van der Waals surface area contributed by atoms with Crippen LogP contribution in [0.2, 0.25) is 0 Å². The van der Waals surface area contributed by atoms with Crippen LogP contribution in [-0.2, 0) is 19.1 Å². The fourth-order valence-corrected chi connectivity index (χ4v) is 1.98. The van der Waals surface area contributed by atoms with Crippen molar-refractivity contribution < 1.29 is 19.1 Å². The number of methoxy groups -OCH3 is 2. The molecule has 5 nitrogen and oxygen atoms in total.